The van der Waals surface area contributed by atoms with Gasteiger partial charge in [0.2, 0.25) is 5.91 Å². The molecule has 0 aliphatic carbocycles. The third kappa shape index (κ3) is 20.8. The van der Waals surface area contributed by atoms with Crippen LogP contribution in [0.25, 0.3) is 0 Å². The molecule has 160 valence electrons. The molecular weight excluding hydrogens is 385 g/mol. The van der Waals surface area contributed by atoms with Crippen LogP contribution in [-0.2, 0) is 14.9 Å². The minimum atomic E-state index is -4.32. The fourth-order valence-electron chi connectivity index (χ4n) is 2.80. The molecule has 0 aromatic heterocycles. The Bertz CT molecular complexity index is 495. The molecular formula is C21H40NNaO4S. The van der Waals surface area contributed by atoms with Crippen LogP contribution in [0, 0.1) is 0 Å². The van der Waals surface area contributed by atoms with Crippen LogP contribution in [0.5, 0.6) is 0 Å². The first-order chi connectivity index (χ1) is 12.9. The number of nitrogens with one attached hydrogen (secondary N) is 1. The molecule has 0 spiro atoms. The number of allylic oxidation sites excluding steroid dienone is 2. The third-order valence-electron chi connectivity index (χ3n) is 4.75. The summed E-state index contributed by atoms with van der Waals surface area (Å²) in [5, 5.41) is 1.44. The summed E-state index contributed by atoms with van der Waals surface area (Å²) in [6, 6.07) is 0. The maximum atomic E-state index is 11.6. The van der Waals surface area contributed by atoms with Gasteiger partial charge in [-0.3, -0.25) is 4.79 Å². The van der Waals surface area contributed by atoms with Crippen LogP contribution < -0.4 is 34.9 Å². The predicted molar refractivity (Wildman–Crippen MR) is 112 cm³/mol. The zero-order valence-corrected chi connectivity index (χ0v) is 21.2. The van der Waals surface area contributed by atoms with Crippen molar-refractivity contribution in [1.29, 1.82) is 0 Å². The number of carbonyl (C=O) groups is 1. The maximum Gasteiger partial charge on any atom is 1.00 e. The SMILES string of the molecule is CCCCCCCC/C=C\CCCCCCCC(=O)NCC(C)S(=O)(=O)[O-].[Na+]. The average molecular weight is 426 g/mol. The largest absolute Gasteiger partial charge is 1.00 e. The van der Waals surface area contributed by atoms with Gasteiger partial charge >= 0.3 is 29.6 Å². The number of rotatable bonds is 18. The predicted octanol–water partition coefficient (Wildman–Crippen LogP) is 2.08. The molecule has 0 aliphatic heterocycles. The first-order valence-electron chi connectivity index (χ1n) is 10.7. The second kappa shape index (κ2) is 20.4. The van der Waals surface area contributed by atoms with Crippen molar-refractivity contribution in [3.8, 4) is 0 Å². The number of carbonyl (C=O) groups excluding carboxylic acids is 1. The van der Waals surface area contributed by atoms with Gasteiger partial charge in [0.25, 0.3) is 0 Å². The maximum absolute atomic E-state index is 11.6. The van der Waals surface area contributed by atoms with Gasteiger partial charge in [0.1, 0.15) is 0 Å². The van der Waals surface area contributed by atoms with Crippen molar-refractivity contribution in [1.82, 2.24) is 5.32 Å². The molecule has 1 atom stereocenters. The van der Waals surface area contributed by atoms with Gasteiger partial charge in [-0.15, -0.1) is 0 Å². The molecule has 28 heavy (non-hydrogen) atoms. The molecule has 1 N–H and O–H groups in total. The van der Waals surface area contributed by atoms with Crippen LogP contribution >= 0.6 is 0 Å². The van der Waals surface area contributed by atoms with Gasteiger partial charge in [-0.25, -0.2) is 8.42 Å². The van der Waals surface area contributed by atoms with Gasteiger partial charge in [0.05, 0.1) is 15.4 Å². The fourth-order valence-corrected chi connectivity index (χ4v) is 3.09. The molecule has 5 nitrogen and oxygen atoms in total. The van der Waals surface area contributed by atoms with E-state index in [1.165, 1.54) is 64.7 Å². The van der Waals surface area contributed by atoms with E-state index >= 15 is 0 Å². The summed E-state index contributed by atoms with van der Waals surface area (Å²) in [6.45, 7) is 3.45. The summed E-state index contributed by atoms with van der Waals surface area (Å²) in [6.07, 6.45) is 20.7. The molecule has 1 amide bonds. The van der Waals surface area contributed by atoms with Crippen LogP contribution in [0.2, 0.25) is 0 Å². The van der Waals surface area contributed by atoms with E-state index in [-0.39, 0.29) is 42.0 Å². The summed E-state index contributed by atoms with van der Waals surface area (Å²) >= 11 is 0. The van der Waals surface area contributed by atoms with Crippen LogP contribution in [-0.4, -0.2) is 30.7 Å². The van der Waals surface area contributed by atoms with Gasteiger partial charge in [0, 0.05) is 13.0 Å². The standard InChI is InChI=1S/C21H41NO4S.Na/c1-3-4-5-6-7-8-9-10-11-12-13-14-15-16-17-18-21(23)22-19-20(2)27(24,25)26;/h10-11,20H,3-9,12-19H2,1-2H3,(H,22,23)(H,24,25,26);/q;+1/p-1/b11-10-;. The Labute approximate surface area is 195 Å². The Balaban J connectivity index is 0. The summed E-state index contributed by atoms with van der Waals surface area (Å²) in [7, 11) is -4.32. The second-order valence-electron chi connectivity index (χ2n) is 7.44. The quantitative estimate of drug-likeness (QED) is 0.158. The van der Waals surface area contributed by atoms with E-state index in [0.717, 1.165) is 25.7 Å². The molecule has 0 radical (unpaired) electrons. The summed E-state index contributed by atoms with van der Waals surface area (Å²) in [4.78, 5) is 11.6. The van der Waals surface area contributed by atoms with E-state index in [0.29, 0.717) is 6.42 Å². The Kier molecular flexibility index (Phi) is 22.1. The first-order valence-corrected chi connectivity index (χ1v) is 12.2. The molecule has 0 rings (SSSR count). The zero-order valence-electron chi connectivity index (χ0n) is 18.4. The van der Waals surface area contributed by atoms with Crippen molar-refractivity contribution in [2.24, 2.45) is 0 Å². The summed E-state index contributed by atoms with van der Waals surface area (Å²) in [5.74, 6) is -0.178. The van der Waals surface area contributed by atoms with E-state index < -0.39 is 15.4 Å². The Morgan fingerprint density at radius 1 is 0.893 bits per heavy atom. The van der Waals surface area contributed by atoms with Gasteiger partial charge < -0.3 is 9.87 Å². The molecule has 0 fully saturated rings. The van der Waals surface area contributed by atoms with Crippen molar-refractivity contribution in [3.63, 3.8) is 0 Å². The minimum Gasteiger partial charge on any atom is -0.748 e. The van der Waals surface area contributed by atoms with Crippen molar-refractivity contribution in [3.05, 3.63) is 12.2 Å². The van der Waals surface area contributed by atoms with Crippen LogP contribution in [0.3, 0.4) is 0 Å². The molecule has 0 aromatic carbocycles. The minimum absolute atomic E-state index is 0. The second-order valence-corrected chi connectivity index (χ2v) is 9.23. The van der Waals surface area contributed by atoms with Crippen molar-refractivity contribution in [2.45, 2.75) is 109 Å². The Morgan fingerprint density at radius 3 is 1.86 bits per heavy atom. The molecule has 0 saturated carbocycles. The third-order valence-corrected chi connectivity index (χ3v) is 5.90. The van der Waals surface area contributed by atoms with Crippen molar-refractivity contribution >= 4 is 16.0 Å². The Hall–Kier alpha value is 0.120. The summed E-state index contributed by atoms with van der Waals surface area (Å²) < 4.78 is 32.2. The Morgan fingerprint density at radius 2 is 1.36 bits per heavy atom. The van der Waals surface area contributed by atoms with Crippen molar-refractivity contribution in [2.75, 3.05) is 6.54 Å². The average Bonchev–Trinajstić information content (AvgIpc) is 2.62. The smallest absolute Gasteiger partial charge is 0.748 e. The number of hydrogen-bond donors (Lipinski definition) is 1. The van der Waals surface area contributed by atoms with E-state index in [2.05, 4.69) is 24.4 Å². The van der Waals surface area contributed by atoms with E-state index in [1.54, 1.807) is 0 Å². The van der Waals surface area contributed by atoms with Gasteiger partial charge in [0.15, 0.2) is 0 Å². The molecule has 0 heterocycles. The molecule has 0 saturated heterocycles. The number of unbranched alkanes of at least 4 members (excludes halogenated alkanes) is 11. The topological polar surface area (TPSA) is 86.3 Å². The van der Waals surface area contributed by atoms with Gasteiger partial charge in [-0.05, 0) is 39.0 Å². The molecule has 7 heteroatoms. The molecule has 0 aromatic rings. The van der Waals surface area contributed by atoms with Crippen LogP contribution in [0.4, 0.5) is 0 Å². The molecule has 1 unspecified atom stereocenters. The first kappa shape index (κ1) is 30.3. The molecule has 0 aliphatic rings. The molecule has 0 bridgehead atoms. The van der Waals surface area contributed by atoms with Gasteiger partial charge in [-0.1, -0.05) is 70.4 Å². The van der Waals surface area contributed by atoms with E-state index in [9.17, 15) is 17.8 Å². The van der Waals surface area contributed by atoms with Crippen LogP contribution in [0.15, 0.2) is 12.2 Å². The number of hydrogen-bond acceptors (Lipinski definition) is 4. The van der Waals surface area contributed by atoms with Gasteiger partial charge in [-0.2, -0.15) is 0 Å². The summed E-state index contributed by atoms with van der Waals surface area (Å²) in [5.41, 5.74) is 0. The van der Waals surface area contributed by atoms with E-state index in [1.807, 2.05) is 0 Å². The number of amides is 1. The van der Waals surface area contributed by atoms with Crippen LogP contribution in [0.1, 0.15) is 104 Å². The normalized spacial score (nSPS) is 12.7. The van der Waals surface area contributed by atoms with E-state index in [4.69, 9.17) is 0 Å². The zero-order chi connectivity index (χ0) is 20.4. The van der Waals surface area contributed by atoms with Crippen molar-refractivity contribution < 1.29 is 47.3 Å². The fraction of sp³-hybridized carbons (Fsp3) is 0.857. The monoisotopic (exact) mass is 425 g/mol.